The van der Waals surface area contributed by atoms with Gasteiger partial charge in [0.05, 0.1) is 6.10 Å². The first kappa shape index (κ1) is 12.8. The minimum atomic E-state index is -0.385. The molecule has 0 aliphatic rings. The lowest BCUT2D eigenvalue weighted by Gasteiger charge is -2.06. The van der Waals surface area contributed by atoms with Crippen LogP contribution in [0.4, 0.5) is 4.39 Å². The Morgan fingerprint density at radius 3 is 2.61 bits per heavy atom. The number of aliphatic hydroxyl groups is 1. The molecule has 0 bridgehead atoms. The van der Waals surface area contributed by atoms with E-state index in [9.17, 15) is 9.50 Å². The standard InChI is InChI=1S/C15H18FNO/c1-2-3-15(18)13-8-9-17(11-13)10-12-4-6-14(16)7-5-12/h4-9,11,15,18H,2-3,10H2,1H3. The summed E-state index contributed by atoms with van der Waals surface area (Å²) in [4.78, 5) is 0. The van der Waals surface area contributed by atoms with Crippen LogP contribution in [-0.2, 0) is 6.54 Å². The predicted molar refractivity (Wildman–Crippen MR) is 69.8 cm³/mol. The van der Waals surface area contributed by atoms with Crippen molar-refractivity contribution in [2.45, 2.75) is 32.4 Å². The molecule has 1 unspecified atom stereocenters. The average Bonchev–Trinajstić information content (AvgIpc) is 2.81. The highest BCUT2D eigenvalue weighted by atomic mass is 19.1. The summed E-state index contributed by atoms with van der Waals surface area (Å²) in [6.07, 6.45) is 5.25. The highest BCUT2D eigenvalue weighted by Gasteiger charge is 2.07. The van der Waals surface area contributed by atoms with E-state index in [1.54, 1.807) is 12.1 Å². The summed E-state index contributed by atoms with van der Waals surface area (Å²) in [6, 6.07) is 8.41. The molecule has 0 amide bonds. The third kappa shape index (κ3) is 3.20. The van der Waals surface area contributed by atoms with Gasteiger partial charge in [-0.3, -0.25) is 0 Å². The van der Waals surface area contributed by atoms with Gasteiger partial charge in [0.2, 0.25) is 0 Å². The van der Waals surface area contributed by atoms with E-state index in [1.165, 1.54) is 12.1 Å². The molecule has 2 nitrogen and oxygen atoms in total. The molecule has 1 aromatic heterocycles. The molecular weight excluding hydrogens is 229 g/mol. The van der Waals surface area contributed by atoms with E-state index in [-0.39, 0.29) is 11.9 Å². The Morgan fingerprint density at radius 2 is 1.94 bits per heavy atom. The first-order valence-electron chi connectivity index (χ1n) is 6.27. The minimum absolute atomic E-state index is 0.217. The van der Waals surface area contributed by atoms with Crippen molar-refractivity contribution < 1.29 is 9.50 Å². The largest absolute Gasteiger partial charge is 0.388 e. The van der Waals surface area contributed by atoms with Crippen LogP contribution < -0.4 is 0 Å². The number of benzene rings is 1. The smallest absolute Gasteiger partial charge is 0.123 e. The number of hydrogen-bond donors (Lipinski definition) is 1. The Kier molecular flexibility index (Phi) is 4.15. The highest BCUT2D eigenvalue weighted by Crippen LogP contribution is 2.18. The van der Waals surface area contributed by atoms with E-state index in [1.807, 2.05) is 23.0 Å². The van der Waals surface area contributed by atoms with Crippen molar-refractivity contribution in [3.05, 3.63) is 59.7 Å². The van der Waals surface area contributed by atoms with E-state index in [2.05, 4.69) is 6.92 Å². The molecule has 1 heterocycles. The molecule has 18 heavy (non-hydrogen) atoms. The van der Waals surface area contributed by atoms with Crippen molar-refractivity contribution in [1.29, 1.82) is 0 Å². The maximum absolute atomic E-state index is 12.8. The molecular formula is C15H18FNO. The predicted octanol–water partition coefficient (Wildman–Crippen LogP) is 3.51. The molecule has 3 heteroatoms. The van der Waals surface area contributed by atoms with E-state index < -0.39 is 0 Å². The zero-order valence-corrected chi connectivity index (χ0v) is 10.5. The number of halogens is 1. The van der Waals surface area contributed by atoms with Crippen LogP contribution in [0.1, 0.15) is 37.0 Å². The van der Waals surface area contributed by atoms with E-state index in [4.69, 9.17) is 0 Å². The van der Waals surface area contributed by atoms with E-state index >= 15 is 0 Å². The summed E-state index contributed by atoms with van der Waals surface area (Å²) in [5, 5.41) is 9.87. The second-order valence-corrected chi connectivity index (χ2v) is 4.55. The molecule has 0 fully saturated rings. The summed E-state index contributed by atoms with van der Waals surface area (Å²) >= 11 is 0. The average molecular weight is 247 g/mol. The van der Waals surface area contributed by atoms with Crippen LogP contribution in [0, 0.1) is 5.82 Å². The summed E-state index contributed by atoms with van der Waals surface area (Å²) in [7, 11) is 0. The van der Waals surface area contributed by atoms with Crippen LogP contribution in [0.3, 0.4) is 0 Å². The molecule has 0 saturated heterocycles. The molecule has 96 valence electrons. The normalized spacial score (nSPS) is 12.6. The van der Waals surface area contributed by atoms with Gasteiger partial charge in [0.25, 0.3) is 0 Å². The van der Waals surface area contributed by atoms with Crippen LogP contribution >= 0.6 is 0 Å². The minimum Gasteiger partial charge on any atom is -0.388 e. The Balaban J connectivity index is 2.04. The highest BCUT2D eigenvalue weighted by molar-refractivity contribution is 5.19. The van der Waals surface area contributed by atoms with Gasteiger partial charge in [0, 0.05) is 18.9 Å². The molecule has 0 aliphatic carbocycles. The second-order valence-electron chi connectivity index (χ2n) is 4.55. The number of aromatic nitrogens is 1. The fraction of sp³-hybridized carbons (Fsp3) is 0.333. The molecule has 1 aromatic carbocycles. The lowest BCUT2D eigenvalue weighted by Crippen LogP contribution is -1.98. The number of hydrogen-bond acceptors (Lipinski definition) is 1. The SMILES string of the molecule is CCCC(O)c1ccn(Cc2ccc(F)cc2)c1. The molecule has 1 N–H and O–H groups in total. The van der Waals surface area contributed by atoms with E-state index in [0.717, 1.165) is 24.0 Å². The Bertz CT molecular complexity index is 489. The molecule has 2 rings (SSSR count). The first-order valence-corrected chi connectivity index (χ1v) is 6.27. The second kappa shape index (κ2) is 5.83. The Labute approximate surface area is 107 Å². The van der Waals surface area contributed by atoms with Crippen molar-refractivity contribution in [2.75, 3.05) is 0 Å². The Hall–Kier alpha value is -1.61. The van der Waals surface area contributed by atoms with Crippen molar-refractivity contribution >= 4 is 0 Å². The summed E-state index contributed by atoms with van der Waals surface area (Å²) < 4.78 is 14.8. The van der Waals surface area contributed by atoms with Crippen LogP contribution in [0.25, 0.3) is 0 Å². The molecule has 0 radical (unpaired) electrons. The summed E-state index contributed by atoms with van der Waals surface area (Å²) in [6.45, 7) is 2.75. The number of rotatable bonds is 5. The van der Waals surface area contributed by atoms with Gasteiger partial charge in [-0.25, -0.2) is 4.39 Å². The monoisotopic (exact) mass is 247 g/mol. The van der Waals surface area contributed by atoms with Gasteiger partial charge in [-0.05, 0) is 35.7 Å². The fourth-order valence-corrected chi connectivity index (χ4v) is 2.00. The lowest BCUT2D eigenvalue weighted by molar-refractivity contribution is 0.166. The van der Waals surface area contributed by atoms with Crippen molar-refractivity contribution in [3.8, 4) is 0 Å². The lowest BCUT2D eigenvalue weighted by atomic mass is 10.1. The molecule has 0 saturated carbocycles. The van der Waals surface area contributed by atoms with Crippen LogP contribution in [0.5, 0.6) is 0 Å². The van der Waals surface area contributed by atoms with Crippen LogP contribution in [-0.4, -0.2) is 9.67 Å². The molecule has 0 aliphatic heterocycles. The summed E-state index contributed by atoms with van der Waals surface area (Å²) in [5.74, 6) is -0.217. The fourth-order valence-electron chi connectivity index (χ4n) is 2.00. The zero-order valence-electron chi connectivity index (χ0n) is 10.5. The summed E-state index contributed by atoms with van der Waals surface area (Å²) in [5.41, 5.74) is 1.99. The van der Waals surface area contributed by atoms with Gasteiger partial charge in [-0.15, -0.1) is 0 Å². The zero-order chi connectivity index (χ0) is 13.0. The van der Waals surface area contributed by atoms with Gasteiger partial charge in [0.15, 0.2) is 0 Å². The molecule has 2 aromatic rings. The maximum Gasteiger partial charge on any atom is 0.123 e. The maximum atomic E-state index is 12.8. The van der Waals surface area contributed by atoms with Crippen molar-refractivity contribution in [1.82, 2.24) is 4.57 Å². The van der Waals surface area contributed by atoms with Gasteiger partial charge in [-0.1, -0.05) is 25.5 Å². The molecule has 1 atom stereocenters. The van der Waals surface area contributed by atoms with Gasteiger partial charge >= 0.3 is 0 Å². The first-order chi connectivity index (χ1) is 8.69. The topological polar surface area (TPSA) is 25.2 Å². The van der Waals surface area contributed by atoms with Gasteiger partial charge < -0.3 is 9.67 Å². The van der Waals surface area contributed by atoms with Gasteiger partial charge in [-0.2, -0.15) is 0 Å². The van der Waals surface area contributed by atoms with Crippen LogP contribution in [0.2, 0.25) is 0 Å². The Morgan fingerprint density at radius 1 is 1.22 bits per heavy atom. The number of aliphatic hydroxyl groups excluding tert-OH is 1. The third-order valence-corrected chi connectivity index (χ3v) is 3.00. The van der Waals surface area contributed by atoms with Gasteiger partial charge in [0.1, 0.15) is 5.82 Å². The molecule has 0 spiro atoms. The van der Waals surface area contributed by atoms with E-state index in [0.29, 0.717) is 6.54 Å². The number of nitrogens with zero attached hydrogens (tertiary/aromatic N) is 1. The van der Waals surface area contributed by atoms with Crippen LogP contribution in [0.15, 0.2) is 42.7 Å². The third-order valence-electron chi connectivity index (χ3n) is 3.00. The van der Waals surface area contributed by atoms with Crippen molar-refractivity contribution in [2.24, 2.45) is 0 Å². The van der Waals surface area contributed by atoms with Crippen molar-refractivity contribution in [3.63, 3.8) is 0 Å². The quantitative estimate of drug-likeness (QED) is 0.859.